The minimum absolute atomic E-state index is 0.0917. The summed E-state index contributed by atoms with van der Waals surface area (Å²) in [6, 6.07) is 2.70. The minimum atomic E-state index is -0.521. The topological polar surface area (TPSA) is 52.4 Å². The Balaban J connectivity index is 3.07. The lowest BCUT2D eigenvalue weighted by molar-refractivity contribution is -0.385. The number of rotatable bonds is 4. The highest BCUT2D eigenvalue weighted by atomic mass is 79.9. The van der Waals surface area contributed by atoms with Gasteiger partial charge in [0.2, 0.25) is 0 Å². The predicted molar refractivity (Wildman–Crippen MR) is 61.5 cm³/mol. The number of nitrogens with zero attached hydrogens (tertiary/aromatic N) is 1. The summed E-state index contributed by atoms with van der Waals surface area (Å²) in [5.41, 5.74) is -0.0917. The van der Waals surface area contributed by atoms with Crippen LogP contribution in [0.5, 0.6) is 5.75 Å². The van der Waals surface area contributed by atoms with Gasteiger partial charge in [0.25, 0.3) is 5.69 Å². The maximum absolute atomic E-state index is 10.6. The monoisotopic (exact) mass is 291 g/mol. The molecule has 0 saturated heterocycles. The third-order valence-electron chi connectivity index (χ3n) is 1.55. The van der Waals surface area contributed by atoms with Crippen LogP contribution < -0.4 is 4.74 Å². The van der Waals surface area contributed by atoms with E-state index in [1.165, 1.54) is 12.1 Å². The maximum atomic E-state index is 10.6. The summed E-state index contributed by atoms with van der Waals surface area (Å²) >= 11 is 8.86. The molecule has 0 saturated carbocycles. The lowest BCUT2D eigenvalue weighted by Crippen LogP contribution is -1.95. The molecule has 0 atom stereocenters. The average Bonchev–Trinajstić information content (AvgIpc) is 2.18. The van der Waals surface area contributed by atoms with E-state index in [0.29, 0.717) is 16.8 Å². The van der Waals surface area contributed by atoms with Crippen LogP contribution in [0, 0.1) is 10.1 Å². The molecule has 1 rings (SSSR count). The molecule has 0 heterocycles. The fourth-order valence-corrected chi connectivity index (χ4v) is 1.60. The number of halogens is 2. The van der Waals surface area contributed by atoms with Gasteiger partial charge in [-0.2, -0.15) is 0 Å². The second-order valence-corrected chi connectivity index (χ2v) is 3.85. The van der Waals surface area contributed by atoms with Gasteiger partial charge in [-0.05, 0) is 15.9 Å². The van der Waals surface area contributed by atoms with Crippen LogP contribution in [-0.2, 0) is 0 Å². The van der Waals surface area contributed by atoms with E-state index in [9.17, 15) is 10.1 Å². The molecule has 1 aromatic rings. The quantitative estimate of drug-likeness (QED) is 0.484. The van der Waals surface area contributed by atoms with Crippen LogP contribution >= 0.6 is 27.5 Å². The number of nitro benzene ring substituents is 1. The Morgan fingerprint density at radius 2 is 2.33 bits per heavy atom. The van der Waals surface area contributed by atoms with Crippen molar-refractivity contribution in [3.8, 4) is 5.75 Å². The van der Waals surface area contributed by atoms with Gasteiger partial charge in [0.05, 0.1) is 14.4 Å². The summed E-state index contributed by atoms with van der Waals surface area (Å²) in [5, 5.41) is 10.8. The molecule has 0 aliphatic rings. The van der Waals surface area contributed by atoms with Crippen molar-refractivity contribution >= 4 is 33.2 Å². The lowest BCUT2D eigenvalue weighted by Gasteiger charge is -2.06. The molecule has 0 bridgehead atoms. The van der Waals surface area contributed by atoms with E-state index in [2.05, 4.69) is 22.5 Å². The first-order chi connectivity index (χ1) is 7.06. The molecule has 0 N–H and O–H groups in total. The zero-order valence-electron chi connectivity index (χ0n) is 7.57. The van der Waals surface area contributed by atoms with Gasteiger partial charge in [0.15, 0.2) is 0 Å². The third kappa shape index (κ3) is 2.94. The Bertz CT molecular complexity index is 409. The summed E-state index contributed by atoms with van der Waals surface area (Å²) in [4.78, 5) is 10.0. The summed E-state index contributed by atoms with van der Waals surface area (Å²) in [6.45, 7) is 3.78. The molecule has 4 nitrogen and oxygen atoms in total. The van der Waals surface area contributed by atoms with E-state index < -0.39 is 4.92 Å². The molecule has 0 fully saturated rings. The molecule has 0 amide bonds. The van der Waals surface area contributed by atoms with Crippen molar-refractivity contribution in [1.82, 2.24) is 0 Å². The second-order valence-electron chi connectivity index (χ2n) is 2.59. The Hall–Kier alpha value is -1.07. The third-order valence-corrected chi connectivity index (χ3v) is 2.49. The smallest absolute Gasteiger partial charge is 0.285 e. The number of nitro groups is 1. The van der Waals surface area contributed by atoms with Crippen molar-refractivity contribution < 1.29 is 9.66 Å². The van der Waals surface area contributed by atoms with E-state index >= 15 is 0 Å². The van der Waals surface area contributed by atoms with Crippen LogP contribution in [-0.4, -0.2) is 11.5 Å². The molecule has 0 aromatic heterocycles. The minimum Gasteiger partial charge on any atom is -0.488 e. The van der Waals surface area contributed by atoms with Crippen LogP contribution in [0.1, 0.15) is 0 Å². The summed E-state index contributed by atoms with van der Waals surface area (Å²) < 4.78 is 5.53. The average molecular weight is 293 g/mol. The Labute approximate surface area is 99.8 Å². The molecule has 1 aromatic carbocycles. The van der Waals surface area contributed by atoms with Crippen LogP contribution in [0.2, 0.25) is 5.02 Å². The van der Waals surface area contributed by atoms with Crippen molar-refractivity contribution in [2.24, 2.45) is 0 Å². The first kappa shape index (κ1) is 12.0. The van der Waals surface area contributed by atoms with Gasteiger partial charge in [0.1, 0.15) is 12.4 Å². The first-order valence-electron chi connectivity index (χ1n) is 3.93. The maximum Gasteiger partial charge on any atom is 0.285 e. The summed E-state index contributed by atoms with van der Waals surface area (Å²) in [7, 11) is 0. The first-order valence-corrected chi connectivity index (χ1v) is 5.10. The van der Waals surface area contributed by atoms with Gasteiger partial charge >= 0.3 is 0 Å². The molecule has 15 heavy (non-hydrogen) atoms. The molecule has 6 heteroatoms. The van der Waals surface area contributed by atoms with Crippen molar-refractivity contribution in [1.29, 1.82) is 0 Å². The van der Waals surface area contributed by atoms with E-state index in [4.69, 9.17) is 16.3 Å². The number of benzene rings is 1. The fourth-order valence-electron chi connectivity index (χ4n) is 0.917. The molecule has 0 unspecified atom stereocenters. The number of ether oxygens (including phenoxy) is 1. The van der Waals surface area contributed by atoms with Crippen molar-refractivity contribution in [3.63, 3.8) is 0 Å². The van der Waals surface area contributed by atoms with Crippen LogP contribution in [0.4, 0.5) is 5.69 Å². The Kier molecular flexibility index (Phi) is 4.11. The molecule has 80 valence electrons. The van der Waals surface area contributed by atoms with Crippen molar-refractivity contribution in [2.45, 2.75) is 0 Å². The van der Waals surface area contributed by atoms with Gasteiger partial charge < -0.3 is 4.74 Å². The number of hydrogen-bond donors (Lipinski definition) is 0. The van der Waals surface area contributed by atoms with Crippen LogP contribution in [0.25, 0.3) is 0 Å². The highest BCUT2D eigenvalue weighted by Crippen LogP contribution is 2.35. The predicted octanol–water partition coefficient (Wildman–Crippen LogP) is 3.58. The van der Waals surface area contributed by atoms with E-state index in [-0.39, 0.29) is 10.7 Å². The van der Waals surface area contributed by atoms with Gasteiger partial charge in [0, 0.05) is 12.1 Å². The highest BCUT2D eigenvalue weighted by Gasteiger charge is 2.16. The molecule has 0 aliphatic heterocycles. The van der Waals surface area contributed by atoms with Crippen LogP contribution in [0.3, 0.4) is 0 Å². The van der Waals surface area contributed by atoms with E-state index in [1.807, 2.05) is 0 Å². The van der Waals surface area contributed by atoms with Gasteiger partial charge in [-0.15, -0.1) is 0 Å². The van der Waals surface area contributed by atoms with Crippen LogP contribution in [0.15, 0.2) is 29.3 Å². The molecule has 0 spiro atoms. The fraction of sp³-hybridized carbons (Fsp3) is 0.111. The highest BCUT2D eigenvalue weighted by molar-refractivity contribution is 9.10. The zero-order chi connectivity index (χ0) is 11.4. The summed E-state index contributed by atoms with van der Waals surface area (Å²) in [5.74, 6) is 0.383. The normalized spacial score (nSPS) is 9.73. The van der Waals surface area contributed by atoms with Gasteiger partial charge in [-0.25, -0.2) is 0 Å². The molecule has 0 aliphatic carbocycles. The van der Waals surface area contributed by atoms with E-state index in [1.54, 1.807) is 6.08 Å². The Morgan fingerprint density at radius 1 is 1.67 bits per heavy atom. The molecular formula is C9H7BrClNO3. The van der Waals surface area contributed by atoms with Crippen molar-refractivity contribution in [3.05, 3.63) is 44.4 Å². The van der Waals surface area contributed by atoms with Gasteiger partial charge in [-0.1, -0.05) is 24.3 Å². The van der Waals surface area contributed by atoms with E-state index in [0.717, 1.165) is 0 Å². The SMILES string of the molecule is C=CCOc1cc(Br)c([N+](=O)[O-])cc1Cl. The zero-order valence-corrected chi connectivity index (χ0v) is 9.92. The number of hydrogen-bond acceptors (Lipinski definition) is 3. The van der Waals surface area contributed by atoms with Crippen molar-refractivity contribution in [2.75, 3.05) is 6.61 Å². The molecule has 0 radical (unpaired) electrons. The summed E-state index contributed by atoms with van der Waals surface area (Å²) in [6.07, 6.45) is 1.56. The standard InChI is InChI=1S/C9H7BrClNO3/c1-2-3-15-9-4-6(10)8(12(13)14)5-7(9)11/h2,4-5H,1,3H2. The lowest BCUT2D eigenvalue weighted by atomic mass is 10.3. The molecular weight excluding hydrogens is 285 g/mol. The largest absolute Gasteiger partial charge is 0.488 e. The van der Waals surface area contributed by atoms with Gasteiger partial charge in [-0.3, -0.25) is 10.1 Å². The Morgan fingerprint density at radius 3 is 2.87 bits per heavy atom. The second kappa shape index (κ2) is 5.14.